The van der Waals surface area contributed by atoms with Gasteiger partial charge in [-0.25, -0.2) is 0 Å². The zero-order valence-electron chi connectivity index (χ0n) is 19.0. The second kappa shape index (κ2) is 13.5. The average molecular weight is 570 g/mol. The van der Waals surface area contributed by atoms with Gasteiger partial charge in [0.15, 0.2) is 5.96 Å². The zero-order valence-corrected chi connectivity index (χ0v) is 22.1. The summed E-state index contributed by atoms with van der Waals surface area (Å²) in [4.78, 5) is 11.4. The molecule has 8 heteroatoms. The molecule has 1 saturated heterocycles. The Morgan fingerprint density at radius 2 is 1.91 bits per heavy atom. The molecule has 1 atom stereocenters. The van der Waals surface area contributed by atoms with E-state index in [0.717, 1.165) is 78.0 Å². The molecule has 0 saturated carbocycles. The van der Waals surface area contributed by atoms with Gasteiger partial charge in [-0.3, -0.25) is 14.8 Å². The van der Waals surface area contributed by atoms with Crippen molar-refractivity contribution in [3.05, 3.63) is 57.8 Å². The van der Waals surface area contributed by atoms with Gasteiger partial charge in [0, 0.05) is 50.7 Å². The SMILES string of the molecule is CCNC(=NCC(c1cccs1)N1CCOCC1)NCCN1CCc2ccccc2C1.I. The fraction of sp³-hybridized carbons (Fsp3) is 0.542. The van der Waals surface area contributed by atoms with Crippen LogP contribution in [0.2, 0.25) is 0 Å². The first-order valence-corrected chi connectivity index (χ1v) is 12.4. The van der Waals surface area contributed by atoms with E-state index in [9.17, 15) is 0 Å². The predicted octanol–water partition coefficient (Wildman–Crippen LogP) is 3.35. The number of hydrogen-bond donors (Lipinski definition) is 2. The van der Waals surface area contributed by atoms with Crippen LogP contribution in [0.1, 0.15) is 29.0 Å². The largest absolute Gasteiger partial charge is 0.379 e. The van der Waals surface area contributed by atoms with E-state index in [-0.39, 0.29) is 24.0 Å². The first-order chi connectivity index (χ1) is 15.3. The number of thiophene rings is 1. The Bertz CT molecular complexity index is 826. The summed E-state index contributed by atoms with van der Waals surface area (Å²) < 4.78 is 5.56. The maximum atomic E-state index is 5.56. The van der Waals surface area contributed by atoms with Crippen molar-refractivity contribution in [3.63, 3.8) is 0 Å². The summed E-state index contributed by atoms with van der Waals surface area (Å²) in [5, 5.41) is 9.13. The number of rotatable bonds is 8. The quantitative estimate of drug-likeness (QED) is 0.290. The third-order valence-electron chi connectivity index (χ3n) is 6.05. The number of benzene rings is 1. The topological polar surface area (TPSA) is 52.1 Å². The molecule has 0 spiro atoms. The number of ether oxygens (including phenoxy) is 1. The van der Waals surface area contributed by atoms with Gasteiger partial charge in [-0.1, -0.05) is 30.3 Å². The second-order valence-electron chi connectivity index (χ2n) is 8.12. The number of nitrogens with one attached hydrogen (secondary N) is 2. The smallest absolute Gasteiger partial charge is 0.191 e. The molecule has 2 aliphatic heterocycles. The van der Waals surface area contributed by atoms with E-state index in [2.05, 4.69) is 69.1 Å². The fourth-order valence-corrected chi connectivity index (χ4v) is 5.20. The Morgan fingerprint density at radius 1 is 1.09 bits per heavy atom. The van der Waals surface area contributed by atoms with E-state index in [4.69, 9.17) is 9.73 Å². The van der Waals surface area contributed by atoms with Crippen LogP contribution < -0.4 is 10.6 Å². The van der Waals surface area contributed by atoms with Crippen LogP contribution in [-0.4, -0.2) is 74.8 Å². The van der Waals surface area contributed by atoms with E-state index in [1.165, 1.54) is 16.0 Å². The average Bonchev–Trinajstić information content (AvgIpc) is 3.34. The Balaban J connectivity index is 0.00000289. The number of morpholine rings is 1. The van der Waals surface area contributed by atoms with E-state index < -0.39 is 0 Å². The molecule has 0 bridgehead atoms. The van der Waals surface area contributed by atoms with Crippen LogP contribution in [0.4, 0.5) is 0 Å². The molecule has 0 aliphatic carbocycles. The third-order valence-corrected chi connectivity index (χ3v) is 7.03. The molecule has 32 heavy (non-hydrogen) atoms. The van der Waals surface area contributed by atoms with E-state index in [0.29, 0.717) is 6.04 Å². The summed E-state index contributed by atoms with van der Waals surface area (Å²) in [5.74, 6) is 0.912. The van der Waals surface area contributed by atoms with Crippen LogP contribution in [0.15, 0.2) is 46.8 Å². The molecular weight excluding hydrogens is 533 g/mol. The molecule has 2 aliphatic rings. The predicted molar refractivity (Wildman–Crippen MR) is 144 cm³/mol. The molecule has 3 heterocycles. The summed E-state index contributed by atoms with van der Waals surface area (Å²) >= 11 is 1.82. The van der Waals surface area contributed by atoms with Gasteiger partial charge < -0.3 is 15.4 Å². The summed E-state index contributed by atoms with van der Waals surface area (Å²) in [7, 11) is 0. The van der Waals surface area contributed by atoms with Crippen molar-refractivity contribution in [1.29, 1.82) is 0 Å². The van der Waals surface area contributed by atoms with Gasteiger partial charge in [-0.05, 0) is 35.9 Å². The van der Waals surface area contributed by atoms with E-state index in [1.54, 1.807) is 0 Å². The molecule has 0 amide bonds. The number of fused-ring (bicyclic) bond motifs is 1. The fourth-order valence-electron chi connectivity index (χ4n) is 4.35. The molecule has 4 rings (SSSR count). The summed E-state index contributed by atoms with van der Waals surface area (Å²) in [6, 6.07) is 13.5. The maximum absolute atomic E-state index is 5.56. The standard InChI is InChI=1S/C24H35N5OS.HI/c1-2-25-24(26-10-12-28-11-9-20-6-3-4-7-21(20)19-28)27-18-22(23-8-5-17-31-23)29-13-15-30-16-14-29;/h3-8,17,22H,2,9-16,18-19H2,1H3,(H2,25,26,27);1H. The Morgan fingerprint density at radius 3 is 2.66 bits per heavy atom. The maximum Gasteiger partial charge on any atom is 0.191 e. The van der Waals surface area contributed by atoms with Crippen LogP contribution in [-0.2, 0) is 17.7 Å². The Kier molecular flexibility index (Phi) is 10.7. The second-order valence-corrected chi connectivity index (χ2v) is 9.10. The van der Waals surface area contributed by atoms with Crippen molar-refractivity contribution in [3.8, 4) is 0 Å². The molecule has 6 nitrogen and oxygen atoms in total. The van der Waals surface area contributed by atoms with Crippen LogP contribution >= 0.6 is 35.3 Å². The van der Waals surface area contributed by atoms with Crippen molar-refractivity contribution in [2.24, 2.45) is 4.99 Å². The van der Waals surface area contributed by atoms with Gasteiger partial charge in [-0.2, -0.15) is 0 Å². The number of halogens is 1. The summed E-state index contributed by atoms with van der Waals surface area (Å²) in [6.45, 7) is 11.4. The molecule has 1 unspecified atom stereocenters. The van der Waals surface area contributed by atoms with Crippen molar-refractivity contribution < 1.29 is 4.74 Å². The highest BCUT2D eigenvalue weighted by Gasteiger charge is 2.23. The van der Waals surface area contributed by atoms with E-state index in [1.807, 2.05) is 11.3 Å². The van der Waals surface area contributed by atoms with Gasteiger partial charge in [0.2, 0.25) is 0 Å². The Hall–Kier alpha value is -1.20. The lowest BCUT2D eigenvalue weighted by molar-refractivity contribution is 0.0186. The molecule has 2 N–H and O–H groups in total. The number of aliphatic imine (C=N–C) groups is 1. The van der Waals surface area contributed by atoms with Crippen molar-refractivity contribution >= 4 is 41.3 Å². The normalized spacial score (nSPS) is 18.5. The third kappa shape index (κ3) is 7.15. The number of nitrogens with zero attached hydrogens (tertiary/aromatic N) is 3. The minimum atomic E-state index is 0. The van der Waals surface area contributed by atoms with Crippen LogP contribution in [0.5, 0.6) is 0 Å². The monoisotopic (exact) mass is 569 g/mol. The van der Waals surface area contributed by atoms with Crippen molar-refractivity contribution in [2.75, 3.05) is 59.0 Å². The molecule has 1 aromatic heterocycles. The number of guanidine groups is 1. The first-order valence-electron chi connectivity index (χ1n) is 11.5. The van der Waals surface area contributed by atoms with Gasteiger partial charge in [0.1, 0.15) is 0 Å². The molecular formula is C24H36IN5OS. The lowest BCUT2D eigenvalue weighted by atomic mass is 10.00. The molecule has 2 aromatic rings. The van der Waals surface area contributed by atoms with Crippen LogP contribution in [0, 0.1) is 0 Å². The lowest BCUT2D eigenvalue weighted by Gasteiger charge is -2.33. The highest BCUT2D eigenvalue weighted by atomic mass is 127. The van der Waals surface area contributed by atoms with Crippen molar-refractivity contribution in [1.82, 2.24) is 20.4 Å². The van der Waals surface area contributed by atoms with Gasteiger partial charge >= 0.3 is 0 Å². The van der Waals surface area contributed by atoms with Gasteiger partial charge in [0.25, 0.3) is 0 Å². The lowest BCUT2D eigenvalue weighted by Crippen LogP contribution is -2.43. The van der Waals surface area contributed by atoms with Crippen molar-refractivity contribution in [2.45, 2.75) is 25.9 Å². The molecule has 1 aromatic carbocycles. The van der Waals surface area contributed by atoms with E-state index >= 15 is 0 Å². The highest BCUT2D eigenvalue weighted by molar-refractivity contribution is 14.0. The first kappa shape index (κ1) is 25.4. The van der Waals surface area contributed by atoms with Crippen LogP contribution in [0.3, 0.4) is 0 Å². The summed E-state index contributed by atoms with van der Waals surface area (Å²) in [5.41, 5.74) is 2.97. The summed E-state index contributed by atoms with van der Waals surface area (Å²) in [6.07, 6.45) is 1.15. The highest BCUT2D eigenvalue weighted by Crippen LogP contribution is 2.26. The zero-order chi connectivity index (χ0) is 21.3. The van der Waals surface area contributed by atoms with Crippen LogP contribution in [0.25, 0.3) is 0 Å². The molecule has 0 radical (unpaired) electrons. The minimum absolute atomic E-state index is 0. The van der Waals surface area contributed by atoms with Gasteiger partial charge in [0.05, 0.1) is 25.8 Å². The molecule has 176 valence electrons. The van der Waals surface area contributed by atoms with Gasteiger partial charge in [-0.15, -0.1) is 35.3 Å². The number of hydrogen-bond acceptors (Lipinski definition) is 5. The Labute approximate surface area is 213 Å². The molecule has 1 fully saturated rings. The minimum Gasteiger partial charge on any atom is -0.379 e.